The number of nitriles is 1. The maximum Gasteiger partial charge on any atom is 0.285 e. The van der Waals surface area contributed by atoms with Crippen LogP contribution >= 0.6 is 0 Å². The second-order valence-corrected chi connectivity index (χ2v) is 5.89. The van der Waals surface area contributed by atoms with Gasteiger partial charge in [-0.15, -0.1) is 0 Å². The maximum absolute atomic E-state index is 12.4. The van der Waals surface area contributed by atoms with Gasteiger partial charge in [0.1, 0.15) is 30.1 Å². The van der Waals surface area contributed by atoms with Gasteiger partial charge in [-0.3, -0.25) is 4.79 Å². The Morgan fingerprint density at radius 2 is 2.12 bits per heavy atom. The SMILES string of the molecule is CCc1nn(CC(O)COc2cccc(C)c2)c(=O)c(C#N)c1CC. The van der Waals surface area contributed by atoms with Crippen LogP contribution < -0.4 is 10.3 Å². The zero-order valence-corrected chi connectivity index (χ0v) is 14.8. The van der Waals surface area contributed by atoms with Gasteiger partial charge in [-0.2, -0.15) is 10.4 Å². The Morgan fingerprint density at radius 3 is 2.72 bits per heavy atom. The zero-order valence-electron chi connectivity index (χ0n) is 14.8. The number of nitrogens with zero attached hydrogens (tertiary/aromatic N) is 3. The number of hydrogen-bond acceptors (Lipinski definition) is 5. The summed E-state index contributed by atoms with van der Waals surface area (Å²) in [6.07, 6.45) is 0.289. The summed E-state index contributed by atoms with van der Waals surface area (Å²) in [7, 11) is 0. The van der Waals surface area contributed by atoms with Gasteiger partial charge in [-0.1, -0.05) is 26.0 Å². The Kier molecular flexibility index (Phi) is 6.31. The van der Waals surface area contributed by atoms with E-state index in [0.29, 0.717) is 29.8 Å². The fourth-order valence-corrected chi connectivity index (χ4v) is 2.71. The fourth-order valence-electron chi connectivity index (χ4n) is 2.71. The molecule has 0 aliphatic carbocycles. The van der Waals surface area contributed by atoms with Crippen molar-refractivity contribution in [2.45, 2.75) is 46.3 Å². The van der Waals surface area contributed by atoms with E-state index in [1.165, 1.54) is 4.68 Å². The highest BCUT2D eigenvalue weighted by Crippen LogP contribution is 2.13. The third-order valence-corrected chi connectivity index (χ3v) is 3.96. The minimum absolute atomic E-state index is 0.0175. The second kappa shape index (κ2) is 8.45. The molecule has 1 N–H and O–H groups in total. The largest absolute Gasteiger partial charge is 0.491 e. The molecular formula is C19H23N3O3. The average Bonchev–Trinajstić information content (AvgIpc) is 2.61. The number of benzene rings is 1. The van der Waals surface area contributed by atoms with Gasteiger partial charge in [0.15, 0.2) is 0 Å². The van der Waals surface area contributed by atoms with Crippen molar-refractivity contribution in [3.05, 3.63) is 57.0 Å². The maximum atomic E-state index is 12.4. The van der Waals surface area contributed by atoms with Crippen molar-refractivity contribution in [3.63, 3.8) is 0 Å². The number of aryl methyl sites for hydroxylation is 2. The molecule has 1 heterocycles. The molecule has 0 bridgehead atoms. The molecule has 2 aromatic rings. The smallest absolute Gasteiger partial charge is 0.285 e. The quantitative estimate of drug-likeness (QED) is 0.832. The predicted octanol–water partition coefficient (Wildman–Crippen LogP) is 1.99. The Hall–Kier alpha value is -2.65. The predicted molar refractivity (Wildman–Crippen MR) is 94.6 cm³/mol. The van der Waals surface area contributed by atoms with Gasteiger partial charge in [0.25, 0.3) is 5.56 Å². The second-order valence-electron chi connectivity index (χ2n) is 5.89. The summed E-state index contributed by atoms with van der Waals surface area (Å²) in [6, 6.07) is 9.49. The van der Waals surface area contributed by atoms with Crippen LogP contribution in [0.1, 0.15) is 36.2 Å². The Morgan fingerprint density at radius 1 is 1.36 bits per heavy atom. The molecule has 132 valence electrons. The molecule has 0 amide bonds. The van der Waals surface area contributed by atoms with Gasteiger partial charge >= 0.3 is 0 Å². The summed E-state index contributed by atoms with van der Waals surface area (Å²) < 4.78 is 6.73. The van der Waals surface area contributed by atoms with Gasteiger partial charge in [-0.05, 0) is 43.0 Å². The normalized spacial score (nSPS) is 11.8. The summed E-state index contributed by atoms with van der Waals surface area (Å²) in [6.45, 7) is 5.80. The van der Waals surface area contributed by atoms with E-state index in [9.17, 15) is 15.2 Å². The van der Waals surface area contributed by atoms with Crippen LogP contribution in [0.3, 0.4) is 0 Å². The standard InChI is InChI=1S/C19H23N3O3/c1-4-16-17(10-20)19(24)22(21-18(16)5-2)11-14(23)12-25-15-8-6-7-13(3)9-15/h6-9,14,23H,4-5,11-12H2,1-3H3. The first kappa shape index (κ1) is 18.7. The summed E-state index contributed by atoms with van der Waals surface area (Å²) in [5.41, 5.74) is 2.11. The van der Waals surface area contributed by atoms with Crippen molar-refractivity contribution in [3.8, 4) is 11.8 Å². The van der Waals surface area contributed by atoms with Crippen molar-refractivity contribution in [1.82, 2.24) is 9.78 Å². The monoisotopic (exact) mass is 341 g/mol. The molecule has 0 saturated heterocycles. The van der Waals surface area contributed by atoms with E-state index in [1.54, 1.807) is 0 Å². The van der Waals surface area contributed by atoms with Crippen molar-refractivity contribution >= 4 is 0 Å². The molecule has 1 atom stereocenters. The van der Waals surface area contributed by atoms with E-state index < -0.39 is 11.7 Å². The molecule has 0 radical (unpaired) electrons. The number of ether oxygens (including phenoxy) is 1. The van der Waals surface area contributed by atoms with Crippen LogP contribution in [0.5, 0.6) is 5.75 Å². The van der Waals surface area contributed by atoms with Crippen LogP contribution in [-0.2, 0) is 19.4 Å². The van der Waals surface area contributed by atoms with Gasteiger partial charge in [0, 0.05) is 0 Å². The molecule has 1 aromatic carbocycles. The molecule has 0 spiro atoms. The van der Waals surface area contributed by atoms with Crippen molar-refractivity contribution in [1.29, 1.82) is 5.26 Å². The Bertz CT molecular complexity index is 837. The minimum Gasteiger partial charge on any atom is -0.491 e. The first-order valence-corrected chi connectivity index (χ1v) is 8.40. The topological polar surface area (TPSA) is 88.1 Å². The first-order valence-electron chi connectivity index (χ1n) is 8.40. The first-order chi connectivity index (χ1) is 12.0. The third kappa shape index (κ3) is 4.46. The molecule has 0 fully saturated rings. The number of aliphatic hydroxyl groups excluding tert-OH is 1. The fraction of sp³-hybridized carbons (Fsp3) is 0.421. The van der Waals surface area contributed by atoms with E-state index in [0.717, 1.165) is 5.56 Å². The van der Waals surface area contributed by atoms with Gasteiger partial charge < -0.3 is 9.84 Å². The Balaban J connectivity index is 2.16. The number of rotatable bonds is 7. The highest BCUT2D eigenvalue weighted by molar-refractivity contribution is 5.38. The van der Waals surface area contributed by atoms with Crippen LogP contribution in [0.2, 0.25) is 0 Å². The van der Waals surface area contributed by atoms with Crippen LogP contribution in [0.4, 0.5) is 0 Å². The van der Waals surface area contributed by atoms with Crippen LogP contribution in [0, 0.1) is 18.3 Å². The van der Waals surface area contributed by atoms with Crippen LogP contribution in [0.25, 0.3) is 0 Å². The van der Waals surface area contributed by atoms with E-state index >= 15 is 0 Å². The van der Waals surface area contributed by atoms with Gasteiger partial charge in [0.05, 0.1) is 12.2 Å². The summed E-state index contributed by atoms with van der Waals surface area (Å²) >= 11 is 0. The number of aromatic nitrogens is 2. The van der Waals surface area contributed by atoms with Crippen LogP contribution in [-0.4, -0.2) is 27.6 Å². The lowest BCUT2D eigenvalue weighted by Gasteiger charge is -2.16. The lowest BCUT2D eigenvalue weighted by atomic mass is 10.0. The molecular weight excluding hydrogens is 318 g/mol. The molecule has 25 heavy (non-hydrogen) atoms. The molecule has 6 heteroatoms. The van der Waals surface area contributed by atoms with E-state index in [2.05, 4.69) is 5.10 Å². The Labute approximate surface area is 147 Å². The molecule has 6 nitrogen and oxygen atoms in total. The molecule has 1 aromatic heterocycles. The number of hydrogen-bond donors (Lipinski definition) is 1. The average molecular weight is 341 g/mol. The summed E-state index contributed by atoms with van der Waals surface area (Å²) in [5, 5.41) is 23.8. The lowest BCUT2D eigenvalue weighted by molar-refractivity contribution is 0.0877. The van der Waals surface area contributed by atoms with E-state index in [-0.39, 0.29) is 18.7 Å². The lowest BCUT2D eigenvalue weighted by Crippen LogP contribution is -2.34. The van der Waals surface area contributed by atoms with E-state index in [4.69, 9.17) is 4.74 Å². The molecule has 0 aliphatic heterocycles. The highest BCUT2D eigenvalue weighted by atomic mass is 16.5. The third-order valence-electron chi connectivity index (χ3n) is 3.96. The highest BCUT2D eigenvalue weighted by Gasteiger charge is 2.17. The minimum atomic E-state index is -0.908. The van der Waals surface area contributed by atoms with Crippen molar-refractivity contribution < 1.29 is 9.84 Å². The van der Waals surface area contributed by atoms with Crippen LogP contribution in [0.15, 0.2) is 29.1 Å². The zero-order chi connectivity index (χ0) is 18.4. The van der Waals surface area contributed by atoms with Crippen molar-refractivity contribution in [2.75, 3.05) is 6.61 Å². The molecule has 2 rings (SSSR count). The van der Waals surface area contributed by atoms with Gasteiger partial charge in [0.2, 0.25) is 0 Å². The molecule has 0 saturated carbocycles. The number of aliphatic hydroxyl groups is 1. The molecule has 0 aliphatic rings. The summed E-state index contributed by atoms with van der Waals surface area (Å²) in [5.74, 6) is 0.660. The molecule has 1 unspecified atom stereocenters. The van der Waals surface area contributed by atoms with E-state index in [1.807, 2.05) is 51.1 Å². The summed E-state index contributed by atoms with van der Waals surface area (Å²) in [4.78, 5) is 12.4. The van der Waals surface area contributed by atoms with Crippen molar-refractivity contribution in [2.24, 2.45) is 0 Å². The van der Waals surface area contributed by atoms with Gasteiger partial charge in [-0.25, -0.2) is 4.68 Å².